The first-order chi connectivity index (χ1) is 10.7. The molecule has 0 bridgehead atoms. The summed E-state index contributed by atoms with van der Waals surface area (Å²) >= 11 is 0. The number of ether oxygens (including phenoxy) is 1. The fourth-order valence-corrected chi connectivity index (χ4v) is 2.95. The van der Waals surface area contributed by atoms with Gasteiger partial charge in [-0.05, 0) is 37.0 Å². The summed E-state index contributed by atoms with van der Waals surface area (Å²) in [5, 5.41) is 15.2. The largest absolute Gasteiger partial charge is 0.497 e. The highest BCUT2D eigenvalue weighted by atomic mass is 16.5. The number of urea groups is 1. The zero-order valence-electron chi connectivity index (χ0n) is 13.2. The molecule has 1 aromatic rings. The van der Waals surface area contributed by atoms with Gasteiger partial charge in [0.25, 0.3) is 0 Å². The predicted octanol–water partition coefficient (Wildman–Crippen LogP) is 2.09. The van der Waals surface area contributed by atoms with Crippen LogP contribution in [0.15, 0.2) is 24.3 Å². The first-order valence-electron chi connectivity index (χ1n) is 8.01. The van der Waals surface area contributed by atoms with E-state index in [-0.39, 0.29) is 24.6 Å². The lowest BCUT2D eigenvalue weighted by Gasteiger charge is -2.30. The molecule has 0 heterocycles. The zero-order chi connectivity index (χ0) is 15.8. The Morgan fingerprint density at radius 1 is 1.27 bits per heavy atom. The summed E-state index contributed by atoms with van der Waals surface area (Å²) in [6.45, 7) is 0.742. The molecule has 1 aromatic carbocycles. The van der Waals surface area contributed by atoms with Crippen LogP contribution in [0.25, 0.3) is 0 Å². The van der Waals surface area contributed by atoms with Crippen molar-refractivity contribution in [3.63, 3.8) is 0 Å². The molecule has 3 N–H and O–H groups in total. The van der Waals surface area contributed by atoms with E-state index in [4.69, 9.17) is 4.74 Å². The Bertz CT molecular complexity index is 461. The number of hydrogen-bond acceptors (Lipinski definition) is 3. The molecule has 1 aliphatic rings. The van der Waals surface area contributed by atoms with E-state index in [0.717, 1.165) is 43.4 Å². The van der Waals surface area contributed by atoms with Gasteiger partial charge in [-0.2, -0.15) is 0 Å². The van der Waals surface area contributed by atoms with Crippen molar-refractivity contribution < 1.29 is 14.6 Å². The first kappa shape index (κ1) is 16.6. The van der Waals surface area contributed by atoms with E-state index in [1.807, 2.05) is 24.3 Å². The van der Waals surface area contributed by atoms with Crippen molar-refractivity contribution >= 4 is 6.03 Å². The lowest BCUT2D eigenvalue weighted by molar-refractivity contribution is 0.154. The summed E-state index contributed by atoms with van der Waals surface area (Å²) in [5.41, 5.74) is 1.16. The number of benzene rings is 1. The van der Waals surface area contributed by atoms with Crippen molar-refractivity contribution in [1.29, 1.82) is 0 Å². The third-order valence-corrected chi connectivity index (χ3v) is 4.32. The molecule has 22 heavy (non-hydrogen) atoms. The van der Waals surface area contributed by atoms with Gasteiger partial charge in [-0.25, -0.2) is 4.79 Å². The number of nitrogens with one attached hydrogen (secondary N) is 2. The van der Waals surface area contributed by atoms with Crippen molar-refractivity contribution in [1.82, 2.24) is 10.6 Å². The minimum absolute atomic E-state index is 0.0970. The number of aliphatic hydroxyl groups excluding tert-OH is 1. The highest BCUT2D eigenvalue weighted by Crippen LogP contribution is 2.23. The van der Waals surface area contributed by atoms with E-state index < -0.39 is 0 Å². The number of carbonyl (C=O) groups excluding carboxylic acids is 1. The molecule has 0 aliphatic heterocycles. The normalized spacial score (nSPS) is 21.2. The van der Waals surface area contributed by atoms with Gasteiger partial charge in [-0.3, -0.25) is 0 Å². The van der Waals surface area contributed by atoms with Gasteiger partial charge in [0, 0.05) is 25.1 Å². The predicted molar refractivity (Wildman–Crippen MR) is 86.1 cm³/mol. The van der Waals surface area contributed by atoms with E-state index in [1.165, 1.54) is 0 Å². The summed E-state index contributed by atoms with van der Waals surface area (Å²) in [7, 11) is 1.64. The molecule has 5 nitrogen and oxygen atoms in total. The van der Waals surface area contributed by atoms with Crippen molar-refractivity contribution in [2.75, 3.05) is 20.3 Å². The lowest BCUT2D eigenvalue weighted by Crippen LogP contribution is -2.48. The minimum atomic E-state index is -0.140. The van der Waals surface area contributed by atoms with Crippen LogP contribution in [0.2, 0.25) is 0 Å². The van der Waals surface area contributed by atoms with E-state index in [9.17, 15) is 9.90 Å². The van der Waals surface area contributed by atoms with Crippen molar-refractivity contribution in [3.8, 4) is 5.75 Å². The second kappa shape index (κ2) is 8.63. The Morgan fingerprint density at radius 2 is 2.00 bits per heavy atom. The molecule has 0 saturated heterocycles. The average Bonchev–Trinajstić information content (AvgIpc) is 2.56. The number of carbonyl (C=O) groups is 1. The van der Waals surface area contributed by atoms with Gasteiger partial charge in [0.05, 0.1) is 7.11 Å². The van der Waals surface area contributed by atoms with Crippen LogP contribution in [-0.2, 0) is 6.42 Å². The molecule has 0 aromatic heterocycles. The molecule has 2 amide bonds. The van der Waals surface area contributed by atoms with Gasteiger partial charge >= 0.3 is 6.03 Å². The number of aliphatic hydroxyl groups is 1. The van der Waals surface area contributed by atoms with E-state index >= 15 is 0 Å². The quantitative estimate of drug-likeness (QED) is 0.753. The van der Waals surface area contributed by atoms with Gasteiger partial charge in [0.15, 0.2) is 0 Å². The average molecular weight is 306 g/mol. The highest BCUT2D eigenvalue weighted by Gasteiger charge is 2.25. The SMILES string of the molecule is COc1ccc(CCNC(=O)NC2CCCCC2CO)cc1. The third kappa shape index (κ3) is 4.91. The summed E-state index contributed by atoms with van der Waals surface area (Å²) < 4.78 is 5.12. The molecule has 2 unspecified atom stereocenters. The molecule has 0 spiro atoms. The number of methoxy groups -OCH3 is 1. The Balaban J connectivity index is 1.70. The lowest BCUT2D eigenvalue weighted by atomic mass is 9.85. The van der Waals surface area contributed by atoms with Crippen LogP contribution in [0, 0.1) is 5.92 Å². The molecular formula is C17H26N2O3. The molecule has 1 aliphatic carbocycles. The fourth-order valence-electron chi connectivity index (χ4n) is 2.95. The van der Waals surface area contributed by atoms with Crippen LogP contribution in [-0.4, -0.2) is 37.4 Å². The van der Waals surface area contributed by atoms with Gasteiger partial charge in [-0.1, -0.05) is 25.0 Å². The van der Waals surface area contributed by atoms with Crippen molar-refractivity contribution in [2.45, 2.75) is 38.1 Å². The first-order valence-corrected chi connectivity index (χ1v) is 8.01. The Hall–Kier alpha value is -1.75. The Morgan fingerprint density at radius 3 is 2.68 bits per heavy atom. The fraction of sp³-hybridized carbons (Fsp3) is 0.588. The van der Waals surface area contributed by atoms with Crippen LogP contribution >= 0.6 is 0 Å². The third-order valence-electron chi connectivity index (χ3n) is 4.32. The molecule has 1 fully saturated rings. The van der Waals surface area contributed by atoms with Crippen molar-refractivity contribution in [3.05, 3.63) is 29.8 Å². The molecule has 122 valence electrons. The van der Waals surface area contributed by atoms with Gasteiger partial charge in [0.2, 0.25) is 0 Å². The molecule has 2 atom stereocenters. The maximum absolute atomic E-state index is 11.9. The standard InChI is InChI=1S/C17H26N2O3/c1-22-15-8-6-13(7-9-15)10-11-18-17(21)19-16-5-3-2-4-14(16)12-20/h6-9,14,16,20H,2-5,10-12H2,1H3,(H2,18,19,21). The Kier molecular flexibility index (Phi) is 6.52. The molecule has 0 radical (unpaired) electrons. The zero-order valence-corrected chi connectivity index (χ0v) is 13.2. The number of hydrogen-bond donors (Lipinski definition) is 3. The topological polar surface area (TPSA) is 70.6 Å². The van der Waals surface area contributed by atoms with E-state index in [2.05, 4.69) is 10.6 Å². The number of amides is 2. The second-order valence-electron chi connectivity index (χ2n) is 5.83. The number of rotatable bonds is 6. The van der Waals surface area contributed by atoms with Gasteiger partial charge in [-0.15, -0.1) is 0 Å². The van der Waals surface area contributed by atoms with Crippen LogP contribution in [0.5, 0.6) is 5.75 Å². The van der Waals surface area contributed by atoms with Crippen LogP contribution < -0.4 is 15.4 Å². The smallest absolute Gasteiger partial charge is 0.315 e. The van der Waals surface area contributed by atoms with Crippen LogP contribution in [0.3, 0.4) is 0 Å². The maximum atomic E-state index is 11.9. The van der Waals surface area contributed by atoms with Crippen LogP contribution in [0.4, 0.5) is 4.79 Å². The molecule has 1 saturated carbocycles. The van der Waals surface area contributed by atoms with E-state index in [0.29, 0.717) is 6.54 Å². The summed E-state index contributed by atoms with van der Waals surface area (Å²) in [6, 6.07) is 7.80. The summed E-state index contributed by atoms with van der Waals surface area (Å²) in [4.78, 5) is 11.9. The summed E-state index contributed by atoms with van der Waals surface area (Å²) in [6.07, 6.45) is 4.99. The minimum Gasteiger partial charge on any atom is -0.497 e. The molecular weight excluding hydrogens is 280 g/mol. The van der Waals surface area contributed by atoms with E-state index in [1.54, 1.807) is 7.11 Å². The highest BCUT2D eigenvalue weighted by molar-refractivity contribution is 5.74. The van der Waals surface area contributed by atoms with Gasteiger partial charge < -0.3 is 20.5 Å². The second-order valence-corrected chi connectivity index (χ2v) is 5.83. The molecule has 2 rings (SSSR count). The van der Waals surface area contributed by atoms with Crippen LogP contribution in [0.1, 0.15) is 31.2 Å². The molecule has 5 heteroatoms. The maximum Gasteiger partial charge on any atom is 0.315 e. The Labute approximate surface area is 132 Å². The van der Waals surface area contributed by atoms with Gasteiger partial charge in [0.1, 0.15) is 5.75 Å². The summed E-state index contributed by atoms with van der Waals surface area (Å²) in [5.74, 6) is 1.03. The monoisotopic (exact) mass is 306 g/mol. The van der Waals surface area contributed by atoms with Crippen molar-refractivity contribution in [2.24, 2.45) is 5.92 Å².